The maximum Gasteiger partial charge on any atom is 0.279 e. The molecule has 2 heterocycles. The van der Waals surface area contributed by atoms with Gasteiger partial charge in [-0.3, -0.25) is 9.59 Å². The van der Waals surface area contributed by atoms with Gasteiger partial charge in [-0.15, -0.1) is 11.8 Å². The molecule has 0 aliphatic heterocycles. The Morgan fingerprint density at radius 2 is 1.94 bits per heavy atom. The molecule has 1 aliphatic rings. The Bertz CT molecular complexity index is 1300. The Kier molecular flexibility index (Phi) is 8.20. The van der Waals surface area contributed by atoms with Gasteiger partial charge in [0, 0.05) is 46.8 Å². The number of hydrogen-bond acceptors (Lipinski definition) is 4. The monoisotopic (exact) mass is 517 g/mol. The summed E-state index contributed by atoms with van der Waals surface area (Å²) < 4.78 is 36.4. The van der Waals surface area contributed by atoms with Gasteiger partial charge in [0.25, 0.3) is 17.9 Å². The predicted molar refractivity (Wildman–Crippen MR) is 139 cm³/mol. The first kappa shape index (κ1) is 26.4. The summed E-state index contributed by atoms with van der Waals surface area (Å²) in [4.78, 5) is 29.4. The fraction of sp³-hybridized carbons (Fsp3) is 0.481. The van der Waals surface area contributed by atoms with Crippen LogP contribution in [0.2, 0.25) is 0 Å². The molecule has 1 aliphatic carbocycles. The van der Waals surface area contributed by atoms with E-state index in [0.29, 0.717) is 16.5 Å². The highest BCUT2D eigenvalue weighted by atomic mass is 32.2. The normalized spacial score (nSPS) is 19.1. The van der Waals surface area contributed by atoms with E-state index in [9.17, 15) is 18.4 Å². The van der Waals surface area contributed by atoms with E-state index in [1.807, 2.05) is 19.2 Å². The molecule has 1 atom stereocenters. The van der Waals surface area contributed by atoms with E-state index >= 15 is 0 Å². The highest BCUT2D eigenvalue weighted by molar-refractivity contribution is 7.98. The summed E-state index contributed by atoms with van der Waals surface area (Å²) in [5.41, 5.74) is 1.17. The third-order valence-electron chi connectivity index (χ3n) is 7.40. The van der Waals surface area contributed by atoms with Crippen molar-refractivity contribution in [3.05, 3.63) is 63.2 Å². The number of benzene rings is 1. The molecule has 1 saturated carbocycles. The van der Waals surface area contributed by atoms with Gasteiger partial charge in [0.05, 0.1) is 17.4 Å². The summed E-state index contributed by atoms with van der Waals surface area (Å²) >= 11 is 1.40. The van der Waals surface area contributed by atoms with E-state index in [1.165, 1.54) is 11.8 Å². The molecule has 2 N–H and O–H groups in total. The number of rotatable bonds is 8. The van der Waals surface area contributed by atoms with Crippen LogP contribution in [-0.2, 0) is 11.3 Å². The molecule has 1 amide bonds. The number of thioether (sulfide) groups is 1. The Balaban J connectivity index is 1.71. The van der Waals surface area contributed by atoms with Gasteiger partial charge < -0.3 is 19.6 Å². The van der Waals surface area contributed by atoms with Gasteiger partial charge in [0.15, 0.2) is 0 Å². The molecule has 1 unspecified atom stereocenters. The number of nitrogens with one attached hydrogen (secondary N) is 2. The van der Waals surface area contributed by atoms with E-state index in [2.05, 4.69) is 10.3 Å². The number of pyridine rings is 1. The van der Waals surface area contributed by atoms with Crippen LogP contribution in [0.4, 0.5) is 8.78 Å². The van der Waals surface area contributed by atoms with Gasteiger partial charge in [-0.25, -0.2) is 8.78 Å². The number of aromatic nitrogens is 2. The molecule has 2 aromatic heterocycles. The van der Waals surface area contributed by atoms with Crippen molar-refractivity contribution in [2.24, 2.45) is 5.92 Å². The van der Waals surface area contributed by atoms with Crippen molar-refractivity contribution in [2.75, 3.05) is 13.4 Å². The lowest BCUT2D eigenvalue weighted by Crippen LogP contribution is -2.29. The number of ether oxygens (including phenoxy) is 1. The number of aromatic amines is 1. The lowest BCUT2D eigenvalue weighted by Gasteiger charge is -2.33. The molecule has 36 heavy (non-hydrogen) atoms. The maximum absolute atomic E-state index is 14.6. The standard InChI is InChI=1S/C27H33F2N3O3S/c1-15-13-22(36-4)20(26(33)31-15)14-30-27(34)23-19-7-5-6-8-21(19)32(24(23)25(28)29)16(2)17-9-11-18(35-3)12-10-17/h5-8,13,16-18,25H,9-12,14H2,1-4H3,(H,30,34)(H,31,33). The summed E-state index contributed by atoms with van der Waals surface area (Å²) in [6, 6.07) is 8.70. The quantitative estimate of drug-likeness (QED) is 0.360. The van der Waals surface area contributed by atoms with Crippen molar-refractivity contribution < 1.29 is 18.3 Å². The molecule has 9 heteroatoms. The average molecular weight is 518 g/mol. The molecule has 4 rings (SSSR count). The van der Waals surface area contributed by atoms with Gasteiger partial charge in [-0.05, 0) is 63.8 Å². The molecule has 1 aromatic carbocycles. The second-order valence-electron chi connectivity index (χ2n) is 9.47. The van der Waals surface area contributed by atoms with Gasteiger partial charge in [-0.1, -0.05) is 18.2 Å². The molecule has 0 spiro atoms. The zero-order valence-corrected chi connectivity index (χ0v) is 21.9. The van der Waals surface area contributed by atoms with Crippen molar-refractivity contribution in [1.29, 1.82) is 0 Å². The summed E-state index contributed by atoms with van der Waals surface area (Å²) in [6.07, 6.45) is 2.77. The predicted octanol–water partition coefficient (Wildman–Crippen LogP) is 5.99. The van der Waals surface area contributed by atoms with Crippen LogP contribution < -0.4 is 10.9 Å². The fourth-order valence-corrected chi connectivity index (χ4v) is 6.19. The number of methoxy groups -OCH3 is 1. The minimum absolute atomic E-state index is 0.0210. The van der Waals surface area contributed by atoms with Crippen LogP contribution >= 0.6 is 11.8 Å². The second-order valence-corrected chi connectivity index (χ2v) is 10.3. The van der Waals surface area contributed by atoms with Crippen LogP contribution in [0, 0.1) is 12.8 Å². The summed E-state index contributed by atoms with van der Waals surface area (Å²) in [7, 11) is 1.71. The van der Waals surface area contributed by atoms with Gasteiger partial charge in [-0.2, -0.15) is 0 Å². The van der Waals surface area contributed by atoms with Gasteiger partial charge in [0.2, 0.25) is 0 Å². The Hall–Kier alpha value is -2.65. The zero-order chi connectivity index (χ0) is 26.0. The van der Waals surface area contributed by atoms with Gasteiger partial charge >= 0.3 is 0 Å². The van der Waals surface area contributed by atoms with Crippen LogP contribution in [-0.4, -0.2) is 34.9 Å². The fourth-order valence-electron chi connectivity index (χ4n) is 5.49. The summed E-state index contributed by atoms with van der Waals surface area (Å²) in [5, 5.41) is 3.24. The lowest BCUT2D eigenvalue weighted by molar-refractivity contribution is 0.0478. The largest absolute Gasteiger partial charge is 0.381 e. The van der Waals surface area contributed by atoms with E-state index in [0.717, 1.165) is 36.3 Å². The highest BCUT2D eigenvalue weighted by Gasteiger charge is 2.34. The number of fused-ring (bicyclic) bond motifs is 1. The van der Waals surface area contributed by atoms with E-state index < -0.39 is 12.3 Å². The number of amides is 1. The number of halogens is 2. The van der Waals surface area contributed by atoms with Crippen LogP contribution in [0.25, 0.3) is 10.9 Å². The van der Waals surface area contributed by atoms with Crippen LogP contribution in [0.15, 0.2) is 40.0 Å². The third-order valence-corrected chi connectivity index (χ3v) is 8.20. The van der Waals surface area contributed by atoms with E-state index in [1.54, 1.807) is 42.9 Å². The number of para-hydroxylation sites is 1. The van der Waals surface area contributed by atoms with Crippen molar-refractivity contribution in [3.63, 3.8) is 0 Å². The minimum Gasteiger partial charge on any atom is -0.381 e. The second kappa shape index (κ2) is 11.2. The molecule has 6 nitrogen and oxygen atoms in total. The van der Waals surface area contributed by atoms with Crippen LogP contribution in [0.1, 0.15) is 72.4 Å². The minimum atomic E-state index is -2.83. The molecular formula is C27H33F2N3O3S. The molecule has 3 aromatic rings. The maximum atomic E-state index is 14.6. The van der Waals surface area contributed by atoms with Crippen LogP contribution in [0.3, 0.4) is 0 Å². The number of carbonyl (C=O) groups is 1. The number of H-pyrrole nitrogens is 1. The molecule has 0 bridgehead atoms. The SMILES string of the molecule is COC1CCC(C(C)n2c(C(F)F)c(C(=O)NCc3c(SC)cc(C)[nH]c3=O)c3ccccc32)CC1. The summed E-state index contributed by atoms with van der Waals surface area (Å²) in [5.74, 6) is -0.404. The van der Waals surface area contributed by atoms with Crippen molar-refractivity contribution in [3.8, 4) is 0 Å². The number of nitrogens with zero attached hydrogens (tertiary/aromatic N) is 1. The molecule has 1 fully saturated rings. The van der Waals surface area contributed by atoms with E-state index in [4.69, 9.17) is 4.74 Å². The Labute approximate surface area is 213 Å². The number of carbonyl (C=O) groups excluding carboxylic acids is 1. The van der Waals surface area contributed by atoms with Gasteiger partial charge in [0.1, 0.15) is 0 Å². The molecule has 194 valence electrons. The number of alkyl halides is 2. The van der Waals surface area contributed by atoms with Crippen molar-refractivity contribution >= 4 is 28.6 Å². The number of hydrogen-bond donors (Lipinski definition) is 2. The first-order chi connectivity index (χ1) is 17.3. The average Bonchev–Trinajstić information content (AvgIpc) is 3.23. The molecular weight excluding hydrogens is 484 g/mol. The molecule has 0 saturated heterocycles. The van der Waals surface area contributed by atoms with Crippen molar-refractivity contribution in [1.82, 2.24) is 14.9 Å². The topological polar surface area (TPSA) is 76.1 Å². The zero-order valence-electron chi connectivity index (χ0n) is 21.1. The Morgan fingerprint density at radius 1 is 1.25 bits per heavy atom. The first-order valence-corrected chi connectivity index (χ1v) is 13.5. The first-order valence-electron chi connectivity index (χ1n) is 12.3. The smallest absolute Gasteiger partial charge is 0.279 e. The van der Waals surface area contributed by atoms with Crippen LogP contribution in [0.5, 0.6) is 0 Å². The third kappa shape index (κ3) is 5.09. The highest BCUT2D eigenvalue weighted by Crippen LogP contribution is 2.41. The van der Waals surface area contributed by atoms with Crippen molar-refractivity contribution in [2.45, 2.75) is 69.5 Å². The Morgan fingerprint density at radius 3 is 2.58 bits per heavy atom. The lowest BCUT2D eigenvalue weighted by atomic mass is 9.83. The summed E-state index contributed by atoms with van der Waals surface area (Å²) in [6.45, 7) is 3.70. The van der Waals surface area contributed by atoms with E-state index in [-0.39, 0.29) is 41.4 Å². The number of aryl methyl sites for hydroxylation is 1. The molecule has 0 radical (unpaired) electrons.